The first-order valence-corrected chi connectivity index (χ1v) is 8.44. The fraction of sp³-hybridized carbons (Fsp3) is 0.667. The van der Waals surface area contributed by atoms with Crippen molar-refractivity contribution < 1.29 is 13.2 Å². The largest absolute Gasteiger partial charge is 0.494 e. The second kappa shape index (κ2) is 5.05. The number of methoxy groups -OCH3 is 1. The highest BCUT2D eigenvalue weighted by Crippen LogP contribution is 2.34. The zero-order valence-corrected chi connectivity index (χ0v) is 13.3. The zero-order valence-electron chi connectivity index (χ0n) is 11.7. The lowest BCUT2D eigenvalue weighted by Crippen LogP contribution is -2.58. The molecular formula is C12H20N2O3S2. The van der Waals surface area contributed by atoms with E-state index in [0.717, 1.165) is 6.54 Å². The second-order valence-corrected chi connectivity index (χ2v) is 8.40. The molecule has 0 radical (unpaired) electrons. The van der Waals surface area contributed by atoms with Crippen LogP contribution >= 0.6 is 11.3 Å². The molecule has 0 bridgehead atoms. The molecule has 1 saturated heterocycles. The van der Waals surface area contributed by atoms with Gasteiger partial charge in [-0.2, -0.15) is 4.31 Å². The van der Waals surface area contributed by atoms with Crippen molar-refractivity contribution in [3.05, 3.63) is 11.4 Å². The van der Waals surface area contributed by atoms with Crippen LogP contribution in [0.5, 0.6) is 5.75 Å². The number of likely N-dealkylation sites (N-methyl/N-ethyl adjacent to an activating group) is 1. The third-order valence-electron chi connectivity index (χ3n) is 3.67. The van der Waals surface area contributed by atoms with Crippen molar-refractivity contribution in [1.29, 1.82) is 0 Å². The Morgan fingerprint density at radius 1 is 1.37 bits per heavy atom. The third-order valence-corrected chi connectivity index (χ3v) is 6.94. The minimum Gasteiger partial charge on any atom is -0.494 e. The van der Waals surface area contributed by atoms with Crippen molar-refractivity contribution in [3.63, 3.8) is 0 Å². The van der Waals surface area contributed by atoms with Gasteiger partial charge in [-0.3, -0.25) is 4.90 Å². The van der Waals surface area contributed by atoms with Gasteiger partial charge in [-0.15, -0.1) is 11.3 Å². The minimum atomic E-state index is -3.46. The van der Waals surface area contributed by atoms with Crippen LogP contribution in [0.2, 0.25) is 0 Å². The minimum absolute atomic E-state index is 0.157. The standard InChI is InChI=1S/C12H20N2O3S2/c1-12(2)9-14(7-6-13(12)3)19(15,16)11-10(17-4)5-8-18-11/h5,8H,6-7,9H2,1-4H3. The molecule has 2 rings (SSSR count). The van der Waals surface area contributed by atoms with Crippen LogP contribution in [0.3, 0.4) is 0 Å². The van der Waals surface area contributed by atoms with Crippen molar-refractivity contribution >= 4 is 21.4 Å². The number of sulfonamides is 1. The van der Waals surface area contributed by atoms with Gasteiger partial charge in [-0.1, -0.05) is 0 Å². The predicted molar refractivity (Wildman–Crippen MR) is 76.3 cm³/mol. The van der Waals surface area contributed by atoms with Crippen LogP contribution in [0, 0.1) is 0 Å². The van der Waals surface area contributed by atoms with E-state index in [9.17, 15) is 8.42 Å². The molecule has 0 unspecified atom stereocenters. The monoisotopic (exact) mass is 304 g/mol. The SMILES string of the molecule is COc1ccsc1S(=O)(=O)N1CCN(C)C(C)(C)C1. The fourth-order valence-electron chi connectivity index (χ4n) is 2.14. The van der Waals surface area contributed by atoms with Gasteiger partial charge in [0, 0.05) is 25.2 Å². The van der Waals surface area contributed by atoms with Gasteiger partial charge in [0.15, 0.2) is 4.21 Å². The summed E-state index contributed by atoms with van der Waals surface area (Å²) in [6, 6.07) is 1.69. The van der Waals surface area contributed by atoms with E-state index < -0.39 is 10.0 Å². The average Bonchev–Trinajstić information content (AvgIpc) is 2.81. The van der Waals surface area contributed by atoms with Gasteiger partial charge in [0.1, 0.15) is 5.75 Å². The molecule has 2 heterocycles. The van der Waals surface area contributed by atoms with Crippen molar-refractivity contribution in [2.45, 2.75) is 23.6 Å². The van der Waals surface area contributed by atoms with E-state index in [4.69, 9.17) is 4.74 Å². The molecule has 0 atom stereocenters. The van der Waals surface area contributed by atoms with Crippen LogP contribution in [0.15, 0.2) is 15.7 Å². The summed E-state index contributed by atoms with van der Waals surface area (Å²) in [6.07, 6.45) is 0. The summed E-state index contributed by atoms with van der Waals surface area (Å²) in [7, 11) is 0.0628. The molecule has 7 heteroatoms. The maximum absolute atomic E-state index is 12.7. The van der Waals surface area contributed by atoms with Crippen LogP contribution < -0.4 is 4.74 Å². The smallest absolute Gasteiger partial charge is 0.256 e. The van der Waals surface area contributed by atoms with E-state index in [0.29, 0.717) is 23.0 Å². The Labute approximate surface area is 118 Å². The summed E-state index contributed by atoms with van der Waals surface area (Å²) in [4.78, 5) is 2.19. The molecule has 0 amide bonds. The van der Waals surface area contributed by atoms with Crippen molar-refractivity contribution in [2.24, 2.45) is 0 Å². The number of nitrogens with zero attached hydrogens (tertiary/aromatic N) is 2. The van der Waals surface area contributed by atoms with Crippen molar-refractivity contribution in [3.8, 4) is 5.75 Å². The maximum Gasteiger partial charge on any atom is 0.256 e. The summed E-state index contributed by atoms with van der Waals surface area (Å²) < 4.78 is 32.3. The highest BCUT2D eigenvalue weighted by atomic mass is 32.2. The summed E-state index contributed by atoms with van der Waals surface area (Å²) >= 11 is 1.21. The van der Waals surface area contributed by atoms with Gasteiger partial charge in [-0.05, 0) is 32.3 Å². The number of piperazine rings is 1. The van der Waals surface area contributed by atoms with Crippen LogP contribution in [0.4, 0.5) is 0 Å². The summed E-state index contributed by atoms with van der Waals surface area (Å²) in [5.41, 5.74) is -0.157. The molecule has 0 aromatic carbocycles. The van der Waals surface area contributed by atoms with E-state index in [-0.39, 0.29) is 5.54 Å². The lowest BCUT2D eigenvalue weighted by molar-refractivity contribution is 0.0802. The van der Waals surface area contributed by atoms with E-state index in [1.807, 2.05) is 7.05 Å². The number of thiophene rings is 1. The Kier molecular flexibility index (Phi) is 3.92. The molecule has 0 saturated carbocycles. The van der Waals surface area contributed by atoms with Gasteiger partial charge >= 0.3 is 0 Å². The number of hydrogen-bond donors (Lipinski definition) is 0. The van der Waals surface area contributed by atoms with E-state index in [1.54, 1.807) is 15.8 Å². The third kappa shape index (κ3) is 2.65. The highest BCUT2D eigenvalue weighted by Gasteiger charge is 2.38. The molecule has 1 aliphatic rings. The molecule has 1 aromatic heterocycles. The summed E-state index contributed by atoms with van der Waals surface area (Å²) in [5.74, 6) is 0.432. The van der Waals surface area contributed by atoms with Gasteiger partial charge in [0.2, 0.25) is 0 Å². The Morgan fingerprint density at radius 3 is 2.63 bits per heavy atom. The molecule has 1 fully saturated rings. The lowest BCUT2D eigenvalue weighted by Gasteiger charge is -2.44. The predicted octanol–water partition coefficient (Wildman–Crippen LogP) is 1.47. The molecule has 0 N–H and O–H groups in total. The molecule has 108 valence electrons. The average molecular weight is 304 g/mol. The van der Waals surface area contributed by atoms with E-state index >= 15 is 0 Å². The Balaban J connectivity index is 2.31. The van der Waals surface area contributed by atoms with Crippen molar-refractivity contribution in [1.82, 2.24) is 9.21 Å². The van der Waals surface area contributed by atoms with Crippen LogP contribution in [-0.2, 0) is 10.0 Å². The zero-order chi connectivity index (χ0) is 14.3. The highest BCUT2D eigenvalue weighted by molar-refractivity contribution is 7.91. The van der Waals surface area contributed by atoms with Gasteiger partial charge in [0.05, 0.1) is 7.11 Å². The quantitative estimate of drug-likeness (QED) is 0.848. The number of ether oxygens (including phenoxy) is 1. The normalized spacial score (nSPS) is 21.5. The molecular weight excluding hydrogens is 284 g/mol. The first-order valence-electron chi connectivity index (χ1n) is 6.12. The van der Waals surface area contributed by atoms with Crippen LogP contribution in [-0.4, -0.2) is 57.0 Å². The Bertz CT molecular complexity index is 551. The molecule has 0 spiro atoms. The van der Waals surface area contributed by atoms with Gasteiger partial charge in [-0.25, -0.2) is 8.42 Å². The lowest BCUT2D eigenvalue weighted by atomic mass is 10.0. The molecule has 5 nitrogen and oxygen atoms in total. The topological polar surface area (TPSA) is 49.9 Å². The van der Waals surface area contributed by atoms with Gasteiger partial charge in [0.25, 0.3) is 10.0 Å². The number of hydrogen-bond acceptors (Lipinski definition) is 5. The molecule has 1 aromatic rings. The van der Waals surface area contributed by atoms with Crippen LogP contribution in [0.1, 0.15) is 13.8 Å². The molecule has 19 heavy (non-hydrogen) atoms. The van der Waals surface area contributed by atoms with Crippen LogP contribution in [0.25, 0.3) is 0 Å². The Hall–Kier alpha value is -0.630. The first kappa shape index (κ1) is 14.8. The molecule has 1 aliphatic heterocycles. The summed E-state index contributed by atoms with van der Waals surface area (Å²) in [6.45, 7) is 5.86. The van der Waals surface area contributed by atoms with Gasteiger partial charge < -0.3 is 4.74 Å². The van der Waals surface area contributed by atoms with Crippen molar-refractivity contribution in [2.75, 3.05) is 33.8 Å². The first-order chi connectivity index (χ1) is 8.79. The second-order valence-electron chi connectivity index (χ2n) is 5.35. The molecule has 0 aliphatic carbocycles. The maximum atomic E-state index is 12.7. The summed E-state index contributed by atoms with van der Waals surface area (Å²) in [5, 5.41) is 1.74. The fourth-order valence-corrected chi connectivity index (χ4v) is 5.14. The van der Waals surface area contributed by atoms with E-state index in [2.05, 4.69) is 18.7 Å². The number of rotatable bonds is 3. The Morgan fingerprint density at radius 2 is 2.05 bits per heavy atom. The van der Waals surface area contributed by atoms with E-state index in [1.165, 1.54) is 18.4 Å².